The number of ether oxygens (including phenoxy) is 5. The molecule has 0 radical (unpaired) electrons. The van der Waals surface area contributed by atoms with Gasteiger partial charge in [0.15, 0.2) is 11.5 Å². The first-order chi connectivity index (χ1) is 14.7. The van der Waals surface area contributed by atoms with Gasteiger partial charge < -0.3 is 23.7 Å². The van der Waals surface area contributed by atoms with Gasteiger partial charge in [-0.2, -0.15) is 0 Å². The van der Waals surface area contributed by atoms with Crippen LogP contribution < -0.4 is 14.2 Å². The first kappa shape index (κ1) is 21.3. The van der Waals surface area contributed by atoms with Crippen molar-refractivity contribution in [1.29, 1.82) is 0 Å². The van der Waals surface area contributed by atoms with Gasteiger partial charge in [-0.3, -0.25) is 0 Å². The molecule has 0 atom stereocenters. The van der Waals surface area contributed by atoms with Crippen LogP contribution in [0.5, 0.6) is 23.1 Å². The van der Waals surface area contributed by atoms with E-state index in [1.165, 1.54) is 6.33 Å². The van der Waals surface area contributed by atoms with Crippen molar-refractivity contribution in [2.45, 2.75) is 0 Å². The third kappa shape index (κ3) is 5.58. The Labute approximate surface area is 175 Å². The number of nitrogens with zero attached hydrogens (tertiary/aromatic N) is 2. The molecule has 2 aromatic carbocycles. The van der Waals surface area contributed by atoms with E-state index in [0.717, 1.165) is 5.56 Å². The van der Waals surface area contributed by atoms with E-state index in [0.29, 0.717) is 60.5 Å². The molecule has 0 amide bonds. The van der Waals surface area contributed by atoms with Gasteiger partial charge in [0.25, 0.3) is 0 Å². The maximum atomic E-state index is 6.04. The molecule has 7 nitrogen and oxygen atoms in total. The minimum atomic E-state index is 0.377. The topological polar surface area (TPSA) is 71.9 Å². The predicted octanol–water partition coefficient (Wildman–Crippen LogP) is 4.27. The molecular weight excluding hydrogens is 384 g/mol. The van der Waals surface area contributed by atoms with Crippen molar-refractivity contribution in [2.24, 2.45) is 0 Å². The van der Waals surface area contributed by atoms with E-state index in [-0.39, 0.29) is 0 Å². The van der Waals surface area contributed by atoms with E-state index >= 15 is 0 Å². The average molecular weight is 408 g/mol. The highest BCUT2D eigenvalue weighted by Crippen LogP contribution is 2.36. The fourth-order valence-electron chi connectivity index (χ4n) is 2.71. The van der Waals surface area contributed by atoms with E-state index in [9.17, 15) is 0 Å². The summed E-state index contributed by atoms with van der Waals surface area (Å²) in [4.78, 5) is 8.66. The number of methoxy groups -OCH3 is 2. The SMILES string of the molecule is C=C=Cc1cccc(Oc2ncnc3cc(OCCOC)c(OCCOC)cc23)c1. The molecule has 3 rings (SSSR count). The molecular formula is C23H24N2O5. The fourth-order valence-corrected chi connectivity index (χ4v) is 2.71. The highest BCUT2D eigenvalue weighted by molar-refractivity contribution is 5.87. The minimum absolute atomic E-state index is 0.377. The number of fused-ring (bicyclic) bond motifs is 1. The Kier molecular flexibility index (Phi) is 7.80. The Morgan fingerprint density at radius 3 is 2.37 bits per heavy atom. The van der Waals surface area contributed by atoms with E-state index in [2.05, 4.69) is 22.3 Å². The molecule has 0 N–H and O–H groups in total. The summed E-state index contributed by atoms with van der Waals surface area (Å²) in [5.74, 6) is 2.18. The molecule has 0 fully saturated rings. The van der Waals surface area contributed by atoms with Crippen LogP contribution in [0, 0.1) is 0 Å². The summed E-state index contributed by atoms with van der Waals surface area (Å²) in [5, 5.41) is 0.702. The van der Waals surface area contributed by atoms with Gasteiger partial charge in [-0.25, -0.2) is 9.97 Å². The van der Waals surface area contributed by atoms with Crippen molar-refractivity contribution >= 4 is 17.0 Å². The second kappa shape index (κ2) is 11.0. The largest absolute Gasteiger partial charge is 0.487 e. The summed E-state index contributed by atoms with van der Waals surface area (Å²) < 4.78 is 27.8. The maximum absolute atomic E-state index is 6.04. The van der Waals surface area contributed by atoms with Crippen molar-refractivity contribution in [3.63, 3.8) is 0 Å². The second-order valence-electron chi connectivity index (χ2n) is 6.20. The Morgan fingerprint density at radius 2 is 1.67 bits per heavy atom. The normalized spacial score (nSPS) is 10.5. The molecule has 0 aliphatic rings. The van der Waals surface area contributed by atoms with E-state index < -0.39 is 0 Å². The summed E-state index contributed by atoms with van der Waals surface area (Å²) >= 11 is 0. The summed E-state index contributed by atoms with van der Waals surface area (Å²) in [6, 6.07) is 11.2. The summed E-state index contributed by atoms with van der Waals surface area (Å²) in [7, 11) is 3.24. The standard InChI is InChI=1S/C23H24N2O5/c1-4-6-17-7-5-8-18(13-17)30-23-19-14-21(28-11-9-26-2)22(29-12-10-27-3)15-20(19)24-16-25-23/h5-8,13-16H,1,9-12H2,2-3H3. The molecule has 156 valence electrons. The Balaban J connectivity index is 1.95. The van der Waals surface area contributed by atoms with Crippen molar-refractivity contribution in [1.82, 2.24) is 9.97 Å². The van der Waals surface area contributed by atoms with Gasteiger partial charge in [-0.15, -0.1) is 5.73 Å². The van der Waals surface area contributed by atoms with Crippen molar-refractivity contribution in [2.75, 3.05) is 40.6 Å². The van der Waals surface area contributed by atoms with Gasteiger partial charge in [0.1, 0.15) is 25.3 Å². The quantitative estimate of drug-likeness (QED) is 0.346. The molecule has 0 bridgehead atoms. The summed E-state index contributed by atoms with van der Waals surface area (Å²) in [5.41, 5.74) is 4.36. The zero-order chi connectivity index (χ0) is 21.2. The molecule has 0 spiro atoms. The number of hydrogen-bond acceptors (Lipinski definition) is 7. The highest BCUT2D eigenvalue weighted by Gasteiger charge is 2.14. The van der Waals surface area contributed by atoms with E-state index in [4.69, 9.17) is 23.7 Å². The molecule has 0 saturated carbocycles. The molecule has 30 heavy (non-hydrogen) atoms. The predicted molar refractivity (Wildman–Crippen MR) is 114 cm³/mol. The zero-order valence-electron chi connectivity index (χ0n) is 17.1. The lowest BCUT2D eigenvalue weighted by Gasteiger charge is -2.15. The maximum Gasteiger partial charge on any atom is 0.230 e. The Bertz CT molecular complexity index is 1030. The third-order valence-electron chi connectivity index (χ3n) is 4.10. The fraction of sp³-hybridized carbons (Fsp3) is 0.261. The van der Waals surface area contributed by atoms with Crippen molar-refractivity contribution < 1.29 is 23.7 Å². The average Bonchev–Trinajstić information content (AvgIpc) is 2.75. The lowest BCUT2D eigenvalue weighted by molar-refractivity contribution is 0.132. The smallest absolute Gasteiger partial charge is 0.230 e. The second-order valence-corrected chi connectivity index (χ2v) is 6.20. The molecule has 0 saturated heterocycles. The van der Waals surface area contributed by atoms with Crippen LogP contribution in [0.3, 0.4) is 0 Å². The minimum Gasteiger partial charge on any atom is -0.487 e. The third-order valence-corrected chi connectivity index (χ3v) is 4.10. The van der Waals surface area contributed by atoms with Crippen LogP contribution in [0.25, 0.3) is 17.0 Å². The lowest BCUT2D eigenvalue weighted by atomic mass is 10.2. The number of hydrogen-bond donors (Lipinski definition) is 0. The van der Waals surface area contributed by atoms with Crippen molar-refractivity contribution in [3.8, 4) is 23.1 Å². The molecule has 1 aromatic heterocycles. The van der Waals surface area contributed by atoms with Gasteiger partial charge in [0, 0.05) is 20.3 Å². The van der Waals surface area contributed by atoms with Crippen LogP contribution >= 0.6 is 0 Å². The molecule has 1 heterocycles. The van der Waals surface area contributed by atoms with Crippen LogP contribution in [0.4, 0.5) is 0 Å². The van der Waals surface area contributed by atoms with Gasteiger partial charge >= 0.3 is 0 Å². The monoisotopic (exact) mass is 408 g/mol. The van der Waals surface area contributed by atoms with Gasteiger partial charge in [0.2, 0.25) is 5.88 Å². The summed E-state index contributed by atoms with van der Waals surface area (Å²) in [6.07, 6.45) is 3.23. The van der Waals surface area contributed by atoms with Crippen LogP contribution in [0.15, 0.2) is 55.0 Å². The molecule has 7 heteroatoms. The number of rotatable bonds is 11. The van der Waals surface area contributed by atoms with Crippen molar-refractivity contribution in [3.05, 3.63) is 60.6 Å². The van der Waals surface area contributed by atoms with Crippen LogP contribution in [-0.4, -0.2) is 50.6 Å². The first-order valence-corrected chi connectivity index (χ1v) is 9.41. The van der Waals surface area contributed by atoms with Gasteiger partial charge in [-0.05, 0) is 29.8 Å². The molecule has 0 aliphatic heterocycles. The number of aromatic nitrogens is 2. The lowest BCUT2D eigenvalue weighted by Crippen LogP contribution is -2.08. The van der Waals surface area contributed by atoms with Crippen LogP contribution in [-0.2, 0) is 9.47 Å². The first-order valence-electron chi connectivity index (χ1n) is 9.41. The molecule has 0 unspecified atom stereocenters. The molecule has 0 aliphatic carbocycles. The number of benzene rings is 2. The van der Waals surface area contributed by atoms with E-state index in [1.807, 2.05) is 30.3 Å². The molecule has 3 aromatic rings. The van der Waals surface area contributed by atoms with Gasteiger partial charge in [0.05, 0.1) is 24.1 Å². The zero-order valence-corrected chi connectivity index (χ0v) is 17.1. The highest BCUT2D eigenvalue weighted by atomic mass is 16.5. The van der Waals surface area contributed by atoms with E-state index in [1.54, 1.807) is 26.4 Å². The van der Waals surface area contributed by atoms with Gasteiger partial charge in [-0.1, -0.05) is 18.7 Å². The van der Waals surface area contributed by atoms with Crippen LogP contribution in [0.2, 0.25) is 0 Å². The Morgan fingerprint density at radius 1 is 0.933 bits per heavy atom. The van der Waals surface area contributed by atoms with Crippen LogP contribution in [0.1, 0.15) is 5.56 Å². The summed E-state index contributed by atoms with van der Waals surface area (Å²) in [6.45, 7) is 5.28. The Hall–Kier alpha value is -3.38.